The van der Waals surface area contributed by atoms with Crippen LogP contribution in [0.3, 0.4) is 0 Å². The van der Waals surface area contributed by atoms with Crippen molar-refractivity contribution < 1.29 is 27.1 Å². The standard InChI is InChI=1S/C23H30O6P2/c1-19-7-3-5-9-21(19)11-13-24-30-26-15-23(16-27-30)17-28-31(29-18-23)25-14-12-22-10-6-4-8-20(22)2/h3-10H,11-18H2,1-2H3. The van der Waals surface area contributed by atoms with Crippen molar-refractivity contribution >= 4 is 17.2 Å². The quantitative estimate of drug-likeness (QED) is 0.471. The predicted octanol–water partition coefficient (Wildman–Crippen LogP) is 5.66. The monoisotopic (exact) mass is 464 g/mol. The normalized spacial score (nSPS) is 26.3. The highest BCUT2D eigenvalue weighted by molar-refractivity contribution is 7.42. The fourth-order valence-electron chi connectivity index (χ4n) is 3.47. The van der Waals surface area contributed by atoms with Crippen molar-refractivity contribution in [3.05, 3.63) is 70.8 Å². The van der Waals surface area contributed by atoms with Gasteiger partial charge in [-0.05, 0) is 48.9 Å². The molecule has 2 fully saturated rings. The van der Waals surface area contributed by atoms with Gasteiger partial charge < -0.3 is 27.1 Å². The molecule has 4 rings (SSSR count). The molecule has 31 heavy (non-hydrogen) atoms. The third kappa shape index (κ3) is 6.54. The minimum atomic E-state index is -1.31. The Morgan fingerprint density at radius 3 is 1.45 bits per heavy atom. The molecule has 0 bridgehead atoms. The van der Waals surface area contributed by atoms with E-state index in [0.29, 0.717) is 39.6 Å². The number of rotatable bonds is 8. The fourth-order valence-corrected chi connectivity index (χ4v) is 5.92. The van der Waals surface area contributed by atoms with Crippen molar-refractivity contribution in [2.75, 3.05) is 39.6 Å². The summed E-state index contributed by atoms with van der Waals surface area (Å²) in [7, 11) is -2.63. The van der Waals surface area contributed by atoms with Crippen molar-refractivity contribution in [1.82, 2.24) is 0 Å². The molecule has 2 aliphatic heterocycles. The van der Waals surface area contributed by atoms with Gasteiger partial charge in [0.05, 0.1) is 45.1 Å². The van der Waals surface area contributed by atoms with Gasteiger partial charge in [-0.1, -0.05) is 48.5 Å². The van der Waals surface area contributed by atoms with Gasteiger partial charge in [-0.15, -0.1) is 0 Å². The van der Waals surface area contributed by atoms with Gasteiger partial charge in [-0.2, -0.15) is 0 Å². The minimum Gasteiger partial charge on any atom is -0.312 e. The highest BCUT2D eigenvalue weighted by atomic mass is 31.2. The van der Waals surface area contributed by atoms with E-state index < -0.39 is 17.2 Å². The summed E-state index contributed by atoms with van der Waals surface area (Å²) in [5.74, 6) is 0. The van der Waals surface area contributed by atoms with Gasteiger partial charge >= 0.3 is 17.2 Å². The maximum absolute atomic E-state index is 5.85. The van der Waals surface area contributed by atoms with E-state index in [4.69, 9.17) is 27.1 Å². The van der Waals surface area contributed by atoms with Crippen molar-refractivity contribution in [2.24, 2.45) is 5.41 Å². The van der Waals surface area contributed by atoms with E-state index in [2.05, 4.69) is 50.2 Å². The predicted molar refractivity (Wildman–Crippen MR) is 122 cm³/mol. The zero-order valence-electron chi connectivity index (χ0n) is 18.1. The lowest BCUT2D eigenvalue weighted by Crippen LogP contribution is -2.44. The average molecular weight is 464 g/mol. The number of benzene rings is 2. The smallest absolute Gasteiger partial charge is 0.312 e. The summed E-state index contributed by atoms with van der Waals surface area (Å²) in [5.41, 5.74) is 4.85. The molecule has 1 spiro atoms. The Morgan fingerprint density at radius 1 is 0.677 bits per heavy atom. The van der Waals surface area contributed by atoms with Gasteiger partial charge in [-0.25, -0.2) is 0 Å². The highest BCUT2D eigenvalue weighted by Gasteiger charge is 2.43. The maximum Gasteiger partial charge on any atom is 0.332 e. The lowest BCUT2D eigenvalue weighted by molar-refractivity contribution is -0.0758. The molecular weight excluding hydrogens is 434 g/mol. The Hall–Kier alpha value is -0.940. The molecule has 2 aromatic rings. The molecule has 0 amide bonds. The van der Waals surface area contributed by atoms with E-state index in [-0.39, 0.29) is 5.41 Å². The molecule has 0 unspecified atom stereocenters. The summed E-state index contributed by atoms with van der Waals surface area (Å²) in [5, 5.41) is 0. The third-order valence-electron chi connectivity index (χ3n) is 5.56. The summed E-state index contributed by atoms with van der Waals surface area (Å²) in [4.78, 5) is 0. The molecule has 0 aliphatic carbocycles. The first-order chi connectivity index (χ1) is 15.1. The van der Waals surface area contributed by atoms with E-state index in [1.54, 1.807) is 0 Å². The van der Waals surface area contributed by atoms with Crippen LogP contribution in [0.15, 0.2) is 48.5 Å². The Kier molecular flexibility index (Phi) is 8.44. The summed E-state index contributed by atoms with van der Waals surface area (Å²) in [6, 6.07) is 16.7. The SMILES string of the molecule is Cc1ccccc1CCOP1OCC2(CO1)COP(OCCc1ccccc1C)OC2. The molecule has 6 nitrogen and oxygen atoms in total. The second-order valence-electron chi connectivity index (χ2n) is 8.06. The van der Waals surface area contributed by atoms with Gasteiger partial charge in [0.15, 0.2) is 0 Å². The third-order valence-corrected chi connectivity index (χ3v) is 7.71. The summed E-state index contributed by atoms with van der Waals surface area (Å²) in [6.45, 7) is 7.42. The summed E-state index contributed by atoms with van der Waals surface area (Å²) < 4.78 is 35.1. The van der Waals surface area contributed by atoms with Crippen LogP contribution in [0.5, 0.6) is 0 Å². The topological polar surface area (TPSA) is 55.4 Å². The number of hydrogen-bond donors (Lipinski definition) is 0. The van der Waals surface area contributed by atoms with Crippen LogP contribution in [0, 0.1) is 19.3 Å². The molecule has 0 N–H and O–H groups in total. The molecule has 0 saturated carbocycles. The van der Waals surface area contributed by atoms with Gasteiger partial charge in [0.2, 0.25) is 0 Å². The zero-order chi connectivity index (χ0) is 21.5. The van der Waals surface area contributed by atoms with E-state index in [9.17, 15) is 0 Å². The molecular formula is C23H30O6P2. The van der Waals surface area contributed by atoms with Crippen LogP contribution in [-0.4, -0.2) is 39.6 Å². The second kappa shape index (κ2) is 11.3. The first-order valence-corrected chi connectivity index (χ1v) is 12.8. The maximum atomic E-state index is 5.85. The molecule has 2 heterocycles. The van der Waals surface area contributed by atoms with E-state index >= 15 is 0 Å². The largest absolute Gasteiger partial charge is 0.332 e. The zero-order valence-corrected chi connectivity index (χ0v) is 19.9. The Bertz CT molecular complexity index is 759. The van der Waals surface area contributed by atoms with Crippen molar-refractivity contribution in [3.63, 3.8) is 0 Å². The van der Waals surface area contributed by atoms with Crippen LogP contribution in [0.25, 0.3) is 0 Å². The van der Waals surface area contributed by atoms with Crippen LogP contribution in [0.2, 0.25) is 0 Å². The van der Waals surface area contributed by atoms with Crippen molar-refractivity contribution in [3.8, 4) is 0 Å². The second-order valence-corrected chi connectivity index (χ2v) is 10.5. The van der Waals surface area contributed by atoms with Crippen molar-refractivity contribution in [1.29, 1.82) is 0 Å². The molecule has 168 valence electrons. The molecule has 0 aromatic heterocycles. The molecule has 0 atom stereocenters. The Morgan fingerprint density at radius 2 is 1.06 bits per heavy atom. The van der Waals surface area contributed by atoms with E-state index in [1.807, 2.05) is 12.1 Å². The molecule has 8 heteroatoms. The van der Waals surface area contributed by atoms with Crippen molar-refractivity contribution in [2.45, 2.75) is 26.7 Å². The van der Waals surface area contributed by atoms with Crippen LogP contribution in [-0.2, 0) is 40.0 Å². The number of aryl methyl sites for hydroxylation is 2. The van der Waals surface area contributed by atoms with Gasteiger partial charge in [-0.3, -0.25) is 0 Å². The number of hydrogen-bond acceptors (Lipinski definition) is 6. The first kappa shape index (κ1) is 23.2. The summed E-state index contributed by atoms with van der Waals surface area (Å²) >= 11 is 0. The molecule has 2 saturated heterocycles. The van der Waals surface area contributed by atoms with Gasteiger partial charge in [0.25, 0.3) is 0 Å². The van der Waals surface area contributed by atoms with Crippen LogP contribution >= 0.6 is 17.2 Å². The summed E-state index contributed by atoms with van der Waals surface area (Å²) in [6.07, 6.45) is 1.69. The van der Waals surface area contributed by atoms with Crippen LogP contribution in [0.1, 0.15) is 22.3 Å². The molecule has 0 radical (unpaired) electrons. The lowest BCUT2D eigenvalue weighted by atomic mass is 9.93. The van der Waals surface area contributed by atoms with E-state index in [0.717, 1.165) is 12.8 Å². The average Bonchev–Trinajstić information content (AvgIpc) is 2.79. The Labute approximate surface area is 187 Å². The highest BCUT2D eigenvalue weighted by Crippen LogP contribution is 2.53. The fraction of sp³-hybridized carbons (Fsp3) is 0.478. The van der Waals surface area contributed by atoms with E-state index in [1.165, 1.54) is 22.3 Å². The Balaban J connectivity index is 1.13. The lowest BCUT2D eigenvalue weighted by Gasteiger charge is -2.41. The molecule has 2 aliphatic rings. The first-order valence-electron chi connectivity index (χ1n) is 10.6. The van der Waals surface area contributed by atoms with Gasteiger partial charge in [0, 0.05) is 0 Å². The van der Waals surface area contributed by atoms with Gasteiger partial charge in [0.1, 0.15) is 0 Å². The molecule has 2 aromatic carbocycles. The minimum absolute atomic E-state index is 0.281. The van der Waals surface area contributed by atoms with Crippen LogP contribution in [0.4, 0.5) is 0 Å². The van der Waals surface area contributed by atoms with Crippen LogP contribution < -0.4 is 0 Å².